The molecule has 1 aromatic carbocycles. The van der Waals surface area contributed by atoms with Crippen LogP contribution in [0.5, 0.6) is 0 Å². The van der Waals surface area contributed by atoms with Crippen LogP contribution in [0.3, 0.4) is 0 Å². The molecular formula is C20H22ClF5N4O5S. The predicted octanol–water partition coefficient (Wildman–Crippen LogP) is 4.59. The standard InChI is InChI=1S/C20H22ClF5N4O5S/c1-10(20(24,25)26)30(18(32)35-19(2,3)4)28-36(33,34)14-9-29(5)16(15(14)21)17(31)27-11-6-7-12(22)13(23)8-11/h6-10,28H,1-5H3,(H,27,31). The summed E-state index contributed by atoms with van der Waals surface area (Å²) in [6, 6.07) is -0.213. The van der Waals surface area contributed by atoms with Crippen molar-refractivity contribution in [3.05, 3.63) is 46.7 Å². The van der Waals surface area contributed by atoms with Crippen LogP contribution >= 0.6 is 11.6 Å². The maximum Gasteiger partial charge on any atom is 0.426 e. The second-order valence-electron chi connectivity index (χ2n) is 8.51. The van der Waals surface area contributed by atoms with E-state index < -0.39 is 67.1 Å². The molecule has 9 nitrogen and oxygen atoms in total. The van der Waals surface area contributed by atoms with Crippen LogP contribution in [0.25, 0.3) is 0 Å². The molecule has 0 saturated heterocycles. The first-order valence-corrected chi connectivity index (χ1v) is 11.8. The molecule has 0 aliphatic heterocycles. The molecule has 1 atom stereocenters. The normalized spacial score (nSPS) is 13.3. The van der Waals surface area contributed by atoms with Gasteiger partial charge in [0.2, 0.25) is 0 Å². The average molecular weight is 561 g/mol. The number of ether oxygens (including phenoxy) is 1. The van der Waals surface area contributed by atoms with Gasteiger partial charge in [0.1, 0.15) is 22.2 Å². The summed E-state index contributed by atoms with van der Waals surface area (Å²) in [4.78, 5) is 25.7. The van der Waals surface area contributed by atoms with Crippen molar-refractivity contribution in [3.8, 4) is 0 Å². The molecule has 1 aromatic heterocycles. The van der Waals surface area contributed by atoms with E-state index in [2.05, 4.69) is 5.32 Å². The summed E-state index contributed by atoms with van der Waals surface area (Å²) in [6.07, 6.45) is -5.87. The van der Waals surface area contributed by atoms with Crippen molar-refractivity contribution in [1.29, 1.82) is 0 Å². The Kier molecular flexibility index (Phi) is 8.32. The minimum absolute atomic E-state index is 0.186. The number of aromatic nitrogens is 1. The topological polar surface area (TPSA) is 110 Å². The Hall–Kier alpha value is -2.91. The van der Waals surface area contributed by atoms with Crippen LogP contribution in [0.2, 0.25) is 5.02 Å². The first-order valence-electron chi connectivity index (χ1n) is 9.97. The van der Waals surface area contributed by atoms with Crippen molar-refractivity contribution in [2.24, 2.45) is 7.05 Å². The summed E-state index contributed by atoms with van der Waals surface area (Å²) in [5, 5.41) is 1.22. The lowest BCUT2D eigenvalue weighted by atomic mass is 10.2. The lowest BCUT2D eigenvalue weighted by molar-refractivity contribution is -0.179. The summed E-state index contributed by atoms with van der Waals surface area (Å²) in [5.74, 6) is -3.48. The number of carbonyl (C=O) groups is 2. The molecule has 16 heteroatoms. The monoisotopic (exact) mass is 560 g/mol. The van der Waals surface area contributed by atoms with Crippen LogP contribution in [0.15, 0.2) is 29.3 Å². The van der Waals surface area contributed by atoms with E-state index in [9.17, 15) is 40.0 Å². The van der Waals surface area contributed by atoms with Crippen molar-refractivity contribution in [1.82, 2.24) is 14.4 Å². The molecule has 0 aliphatic carbocycles. The number of hydrazine groups is 1. The van der Waals surface area contributed by atoms with Gasteiger partial charge in [-0.05, 0) is 39.8 Å². The third-order valence-corrected chi connectivity index (χ3v) is 6.26. The number of benzene rings is 1. The van der Waals surface area contributed by atoms with Gasteiger partial charge in [-0.15, -0.1) is 4.83 Å². The molecule has 0 aliphatic rings. The third kappa shape index (κ3) is 6.85. The van der Waals surface area contributed by atoms with Gasteiger partial charge < -0.3 is 14.6 Å². The lowest BCUT2D eigenvalue weighted by Gasteiger charge is -2.32. The fourth-order valence-corrected chi connectivity index (χ4v) is 4.48. The minimum Gasteiger partial charge on any atom is -0.443 e. The largest absolute Gasteiger partial charge is 0.443 e. The van der Waals surface area contributed by atoms with E-state index in [1.807, 2.05) is 0 Å². The van der Waals surface area contributed by atoms with Gasteiger partial charge in [0.05, 0.1) is 5.02 Å². The van der Waals surface area contributed by atoms with E-state index >= 15 is 0 Å². The molecular weight excluding hydrogens is 539 g/mol. The van der Waals surface area contributed by atoms with Crippen molar-refractivity contribution in [2.45, 2.75) is 50.4 Å². The fraction of sp³-hybridized carbons (Fsp3) is 0.400. The Morgan fingerprint density at radius 2 is 1.72 bits per heavy atom. The van der Waals surface area contributed by atoms with Gasteiger partial charge in [0.25, 0.3) is 15.9 Å². The first-order chi connectivity index (χ1) is 16.2. The van der Waals surface area contributed by atoms with Gasteiger partial charge in [-0.25, -0.2) is 27.0 Å². The average Bonchev–Trinajstić information content (AvgIpc) is 3.01. The van der Waals surface area contributed by atoms with Crippen LogP contribution < -0.4 is 10.1 Å². The van der Waals surface area contributed by atoms with E-state index in [0.29, 0.717) is 13.0 Å². The highest BCUT2D eigenvalue weighted by Gasteiger charge is 2.46. The highest BCUT2D eigenvalue weighted by atomic mass is 35.5. The maximum atomic E-state index is 13.4. The van der Waals surface area contributed by atoms with Gasteiger partial charge in [-0.1, -0.05) is 11.6 Å². The van der Waals surface area contributed by atoms with Gasteiger partial charge in [-0.2, -0.15) is 13.2 Å². The predicted molar refractivity (Wildman–Crippen MR) is 119 cm³/mol. The lowest BCUT2D eigenvalue weighted by Crippen LogP contribution is -2.56. The Morgan fingerprint density at radius 3 is 2.22 bits per heavy atom. The zero-order chi connectivity index (χ0) is 27.8. The number of alkyl halides is 3. The van der Waals surface area contributed by atoms with Gasteiger partial charge in [0, 0.05) is 25.0 Å². The van der Waals surface area contributed by atoms with Crippen molar-refractivity contribution in [2.75, 3.05) is 5.32 Å². The molecule has 0 radical (unpaired) electrons. The number of nitrogens with zero attached hydrogens (tertiary/aromatic N) is 2. The van der Waals surface area contributed by atoms with E-state index in [-0.39, 0.29) is 10.7 Å². The molecule has 2 rings (SSSR count). The molecule has 36 heavy (non-hydrogen) atoms. The number of hydrogen-bond donors (Lipinski definition) is 2. The zero-order valence-corrected chi connectivity index (χ0v) is 21.1. The number of aryl methyl sites for hydroxylation is 1. The van der Waals surface area contributed by atoms with Crippen molar-refractivity contribution >= 4 is 39.3 Å². The zero-order valence-electron chi connectivity index (χ0n) is 19.5. The molecule has 0 spiro atoms. The number of rotatable bonds is 6. The molecule has 0 fully saturated rings. The molecule has 0 saturated carbocycles. The number of nitrogens with one attached hydrogen (secondary N) is 2. The molecule has 1 heterocycles. The highest BCUT2D eigenvalue weighted by molar-refractivity contribution is 7.89. The number of amides is 2. The summed E-state index contributed by atoms with van der Waals surface area (Å²) in [6.45, 7) is 4.62. The number of sulfonamides is 1. The first kappa shape index (κ1) is 29.3. The number of hydrogen-bond acceptors (Lipinski definition) is 5. The molecule has 2 amide bonds. The Morgan fingerprint density at radius 1 is 1.14 bits per heavy atom. The van der Waals surface area contributed by atoms with E-state index in [4.69, 9.17) is 16.3 Å². The maximum absolute atomic E-state index is 13.4. The Labute approximate surface area is 208 Å². The van der Waals surface area contributed by atoms with E-state index in [1.54, 1.807) is 0 Å². The second kappa shape index (κ2) is 10.2. The fourth-order valence-electron chi connectivity index (χ4n) is 2.69. The molecule has 1 unspecified atom stereocenters. The molecule has 0 bridgehead atoms. The van der Waals surface area contributed by atoms with Gasteiger partial charge in [-0.3, -0.25) is 4.79 Å². The third-order valence-electron chi connectivity index (χ3n) is 4.44. The van der Waals surface area contributed by atoms with Gasteiger partial charge >= 0.3 is 12.3 Å². The summed E-state index contributed by atoms with van der Waals surface area (Å²) in [5.41, 5.74) is -1.93. The number of halogens is 6. The van der Waals surface area contributed by atoms with Crippen LogP contribution in [0, 0.1) is 11.6 Å². The smallest absolute Gasteiger partial charge is 0.426 e. The summed E-state index contributed by atoms with van der Waals surface area (Å²) < 4.78 is 98.3. The van der Waals surface area contributed by atoms with Crippen LogP contribution in [-0.2, 0) is 21.8 Å². The van der Waals surface area contributed by atoms with E-state index in [0.717, 1.165) is 22.9 Å². The Balaban J connectivity index is 2.43. The number of carbonyl (C=O) groups excluding carboxylic acids is 2. The van der Waals surface area contributed by atoms with Gasteiger partial charge in [0.15, 0.2) is 11.6 Å². The summed E-state index contributed by atoms with van der Waals surface area (Å²) >= 11 is 6.08. The summed E-state index contributed by atoms with van der Waals surface area (Å²) in [7, 11) is -3.78. The second-order valence-corrected chi connectivity index (χ2v) is 10.5. The molecule has 2 N–H and O–H groups in total. The SMILES string of the molecule is CC(N(NS(=O)(=O)c1cn(C)c(C(=O)Nc2ccc(F)c(F)c2)c1Cl)C(=O)OC(C)(C)C)C(F)(F)F. The highest BCUT2D eigenvalue weighted by Crippen LogP contribution is 2.30. The Bertz CT molecular complexity index is 1270. The number of anilines is 1. The van der Waals surface area contributed by atoms with Crippen LogP contribution in [0.4, 0.5) is 32.4 Å². The van der Waals surface area contributed by atoms with Crippen molar-refractivity contribution < 1.29 is 44.7 Å². The quantitative estimate of drug-likeness (QED) is 0.397. The minimum atomic E-state index is -5.05. The van der Waals surface area contributed by atoms with Crippen LogP contribution in [0.1, 0.15) is 38.2 Å². The van der Waals surface area contributed by atoms with E-state index in [1.165, 1.54) is 32.6 Å². The van der Waals surface area contributed by atoms with Crippen LogP contribution in [-0.4, -0.2) is 47.8 Å². The molecule has 2 aromatic rings. The molecule has 200 valence electrons. The van der Waals surface area contributed by atoms with Crippen molar-refractivity contribution in [3.63, 3.8) is 0 Å².